The lowest BCUT2D eigenvalue weighted by atomic mass is 9.97. The maximum Gasteiger partial charge on any atom is 0.323 e. The van der Waals surface area contributed by atoms with Gasteiger partial charge in [0.25, 0.3) is 0 Å². The van der Waals surface area contributed by atoms with Gasteiger partial charge in [-0.1, -0.05) is 20.8 Å². The van der Waals surface area contributed by atoms with E-state index in [4.69, 9.17) is 10.8 Å². The lowest BCUT2D eigenvalue weighted by molar-refractivity contribution is -0.142. The van der Waals surface area contributed by atoms with Gasteiger partial charge in [0, 0.05) is 6.54 Å². The van der Waals surface area contributed by atoms with Crippen molar-refractivity contribution in [2.24, 2.45) is 11.7 Å². The number of nitrogens with zero attached hydrogens (tertiary/aromatic N) is 1. The van der Waals surface area contributed by atoms with Gasteiger partial charge in [-0.2, -0.15) is 0 Å². The molecule has 16 heavy (non-hydrogen) atoms. The molecule has 0 aliphatic heterocycles. The van der Waals surface area contributed by atoms with Crippen molar-refractivity contribution in [3.8, 4) is 0 Å². The van der Waals surface area contributed by atoms with Crippen LogP contribution in [0.4, 0.5) is 0 Å². The van der Waals surface area contributed by atoms with E-state index in [0.717, 1.165) is 26.1 Å². The second-order valence-corrected chi connectivity index (χ2v) is 5.11. The third-order valence-electron chi connectivity index (χ3n) is 2.73. The molecule has 0 spiro atoms. The monoisotopic (exact) mass is 230 g/mol. The molecule has 0 amide bonds. The van der Waals surface area contributed by atoms with E-state index < -0.39 is 11.5 Å². The summed E-state index contributed by atoms with van der Waals surface area (Å²) < 4.78 is 0. The molecule has 0 aromatic heterocycles. The molecule has 0 aromatic rings. The molecule has 0 rings (SSSR count). The number of carboxylic acid groups (broad SMARTS) is 1. The molecule has 0 heterocycles. The molecule has 0 bridgehead atoms. The Kier molecular flexibility index (Phi) is 6.60. The SMILES string of the molecule is CCN(CCCC(C)(N)C(=O)O)CC(C)C. The highest BCUT2D eigenvalue weighted by Gasteiger charge is 2.27. The summed E-state index contributed by atoms with van der Waals surface area (Å²) in [5, 5.41) is 8.87. The van der Waals surface area contributed by atoms with Crippen molar-refractivity contribution in [3.63, 3.8) is 0 Å². The minimum atomic E-state index is -1.09. The van der Waals surface area contributed by atoms with Gasteiger partial charge in [0.2, 0.25) is 0 Å². The molecule has 0 radical (unpaired) electrons. The molecular formula is C12H26N2O2. The van der Waals surface area contributed by atoms with E-state index in [1.54, 1.807) is 6.92 Å². The summed E-state index contributed by atoms with van der Waals surface area (Å²) in [5.41, 5.74) is 4.58. The third kappa shape index (κ3) is 6.08. The molecule has 0 fully saturated rings. The first-order chi connectivity index (χ1) is 7.29. The Morgan fingerprint density at radius 1 is 1.50 bits per heavy atom. The minimum Gasteiger partial charge on any atom is -0.480 e. The average Bonchev–Trinajstić information content (AvgIpc) is 2.15. The summed E-state index contributed by atoms with van der Waals surface area (Å²) in [6.07, 6.45) is 1.36. The summed E-state index contributed by atoms with van der Waals surface area (Å²) in [7, 11) is 0. The Hall–Kier alpha value is -0.610. The van der Waals surface area contributed by atoms with Crippen LogP contribution in [0.3, 0.4) is 0 Å². The zero-order valence-electron chi connectivity index (χ0n) is 11.0. The van der Waals surface area contributed by atoms with E-state index in [2.05, 4.69) is 25.7 Å². The van der Waals surface area contributed by atoms with E-state index in [9.17, 15) is 4.79 Å². The number of hydrogen-bond acceptors (Lipinski definition) is 3. The van der Waals surface area contributed by atoms with Gasteiger partial charge in [-0.15, -0.1) is 0 Å². The summed E-state index contributed by atoms with van der Waals surface area (Å²) >= 11 is 0. The Labute approximate surface area is 98.8 Å². The first-order valence-corrected chi connectivity index (χ1v) is 6.04. The Bertz CT molecular complexity index is 215. The van der Waals surface area contributed by atoms with Crippen molar-refractivity contribution in [1.29, 1.82) is 0 Å². The lowest BCUT2D eigenvalue weighted by Crippen LogP contribution is -2.45. The van der Waals surface area contributed by atoms with E-state index in [1.165, 1.54) is 0 Å². The standard InChI is InChI=1S/C12H26N2O2/c1-5-14(9-10(2)3)8-6-7-12(4,13)11(15)16/h10H,5-9,13H2,1-4H3,(H,15,16). The van der Waals surface area contributed by atoms with Crippen LogP contribution >= 0.6 is 0 Å². The molecule has 0 saturated heterocycles. The van der Waals surface area contributed by atoms with Crippen LogP contribution in [0, 0.1) is 5.92 Å². The van der Waals surface area contributed by atoms with Crippen molar-refractivity contribution in [2.75, 3.05) is 19.6 Å². The first-order valence-electron chi connectivity index (χ1n) is 6.04. The van der Waals surface area contributed by atoms with Crippen LogP contribution in [0.25, 0.3) is 0 Å². The fourth-order valence-electron chi connectivity index (χ4n) is 1.67. The average molecular weight is 230 g/mol. The second kappa shape index (κ2) is 6.86. The van der Waals surface area contributed by atoms with Gasteiger partial charge in [0.1, 0.15) is 5.54 Å². The molecule has 0 aromatic carbocycles. The molecule has 0 aliphatic carbocycles. The van der Waals surface area contributed by atoms with Gasteiger partial charge >= 0.3 is 5.97 Å². The van der Waals surface area contributed by atoms with Gasteiger partial charge in [-0.3, -0.25) is 4.79 Å². The lowest BCUT2D eigenvalue weighted by Gasteiger charge is -2.25. The first kappa shape index (κ1) is 15.4. The topological polar surface area (TPSA) is 66.6 Å². The van der Waals surface area contributed by atoms with Gasteiger partial charge in [-0.05, 0) is 38.8 Å². The van der Waals surface area contributed by atoms with Crippen LogP contribution in [0.2, 0.25) is 0 Å². The third-order valence-corrected chi connectivity index (χ3v) is 2.73. The quantitative estimate of drug-likeness (QED) is 0.664. The highest BCUT2D eigenvalue weighted by molar-refractivity contribution is 5.77. The molecule has 96 valence electrons. The molecule has 1 unspecified atom stereocenters. The minimum absolute atomic E-state index is 0.525. The van der Waals surface area contributed by atoms with Crippen LogP contribution < -0.4 is 5.73 Å². The molecule has 4 nitrogen and oxygen atoms in total. The van der Waals surface area contributed by atoms with Gasteiger partial charge < -0.3 is 15.7 Å². The number of carboxylic acids is 1. The predicted octanol–water partition coefficient (Wildman–Crippen LogP) is 1.55. The molecule has 4 heteroatoms. The van der Waals surface area contributed by atoms with E-state index in [-0.39, 0.29) is 0 Å². The van der Waals surface area contributed by atoms with Crippen molar-refractivity contribution < 1.29 is 9.90 Å². The Morgan fingerprint density at radius 2 is 2.06 bits per heavy atom. The summed E-state index contributed by atoms with van der Waals surface area (Å²) in [5.74, 6) is -0.275. The summed E-state index contributed by atoms with van der Waals surface area (Å²) in [6.45, 7) is 11.1. The van der Waals surface area contributed by atoms with Crippen LogP contribution in [-0.2, 0) is 4.79 Å². The smallest absolute Gasteiger partial charge is 0.323 e. The molecular weight excluding hydrogens is 204 g/mol. The Morgan fingerprint density at radius 3 is 2.44 bits per heavy atom. The number of aliphatic carboxylic acids is 1. The number of carbonyl (C=O) groups is 1. The maximum absolute atomic E-state index is 10.8. The number of rotatable bonds is 8. The van der Waals surface area contributed by atoms with Crippen molar-refractivity contribution >= 4 is 5.97 Å². The fourth-order valence-corrected chi connectivity index (χ4v) is 1.67. The zero-order chi connectivity index (χ0) is 12.8. The molecule has 0 saturated carbocycles. The van der Waals surface area contributed by atoms with E-state index in [0.29, 0.717) is 12.3 Å². The molecule has 1 atom stereocenters. The summed E-state index contributed by atoms with van der Waals surface area (Å²) in [4.78, 5) is 13.1. The van der Waals surface area contributed by atoms with Crippen molar-refractivity contribution in [3.05, 3.63) is 0 Å². The highest BCUT2D eigenvalue weighted by atomic mass is 16.4. The number of nitrogens with two attached hydrogens (primary N) is 1. The van der Waals surface area contributed by atoms with Gasteiger partial charge in [-0.25, -0.2) is 0 Å². The normalized spacial score (nSPS) is 15.4. The summed E-state index contributed by atoms with van der Waals surface area (Å²) in [6, 6.07) is 0. The maximum atomic E-state index is 10.8. The van der Waals surface area contributed by atoms with Crippen LogP contribution in [0.5, 0.6) is 0 Å². The van der Waals surface area contributed by atoms with Crippen LogP contribution in [-0.4, -0.2) is 41.1 Å². The van der Waals surface area contributed by atoms with Crippen molar-refractivity contribution in [1.82, 2.24) is 4.90 Å². The molecule has 3 N–H and O–H groups in total. The Balaban J connectivity index is 3.91. The van der Waals surface area contributed by atoms with E-state index in [1.807, 2.05) is 0 Å². The van der Waals surface area contributed by atoms with Crippen molar-refractivity contribution in [2.45, 2.75) is 46.1 Å². The van der Waals surface area contributed by atoms with Gasteiger partial charge in [0.15, 0.2) is 0 Å². The highest BCUT2D eigenvalue weighted by Crippen LogP contribution is 2.10. The molecule has 0 aliphatic rings. The largest absolute Gasteiger partial charge is 0.480 e. The fraction of sp³-hybridized carbons (Fsp3) is 0.917. The predicted molar refractivity (Wildman–Crippen MR) is 66.4 cm³/mol. The van der Waals surface area contributed by atoms with Crippen LogP contribution in [0.1, 0.15) is 40.5 Å². The van der Waals surface area contributed by atoms with E-state index >= 15 is 0 Å². The number of hydrogen-bond donors (Lipinski definition) is 2. The van der Waals surface area contributed by atoms with Gasteiger partial charge in [0.05, 0.1) is 0 Å². The van der Waals surface area contributed by atoms with Crippen LogP contribution in [0.15, 0.2) is 0 Å². The second-order valence-electron chi connectivity index (χ2n) is 5.11. The zero-order valence-corrected chi connectivity index (χ0v) is 11.0.